The number of benzene rings is 1. The predicted octanol–water partition coefficient (Wildman–Crippen LogP) is 3.67. The van der Waals surface area contributed by atoms with Gasteiger partial charge in [-0.15, -0.1) is 0 Å². The highest BCUT2D eigenvalue weighted by molar-refractivity contribution is 9.10. The van der Waals surface area contributed by atoms with Crippen molar-refractivity contribution in [2.24, 2.45) is 0 Å². The summed E-state index contributed by atoms with van der Waals surface area (Å²) in [6.45, 7) is 8.16. The number of nitrogens with one attached hydrogen (secondary N) is 1. The molecule has 0 spiro atoms. The summed E-state index contributed by atoms with van der Waals surface area (Å²) in [6, 6.07) is 8.72. The van der Waals surface area contributed by atoms with E-state index in [1.54, 1.807) is 0 Å². The molecule has 0 aliphatic heterocycles. The first kappa shape index (κ1) is 14.3. The minimum absolute atomic E-state index is 0.168. The highest BCUT2D eigenvalue weighted by Gasteiger charge is 2.19. The molecule has 0 bridgehead atoms. The molecule has 1 aromatic carbocycles. The van der Waals surface area contributed by atoms with Gasteiger partial charge in [0, 0.05) is 17.2 Å². The Hall–Kier alpha value is -1.13. The van der Waals surface area contributed by atoms with Crippen LogP contribution in [0.3, 0.4) is 0 Å². The van der Waals surface area contributed by atoms with E-state index in [0.29, 0.717) is 0 Å². The first-order valence-corrected chi connectivity index (χ1v) is 7.47. The Morgan fingerprint density at radius 3 is 2.79 bits per heavy atom. The molecule has 0 aliphatic rings. The normalized spacial score (nSPS) is 12.6. The van der Waals surface area contributed by atoms with Crippen LogP contribution in [-0.4, -0.2) is 16.3 Å². The van der Waals surface area contributed by atoms with Gasteiger partial charge in [0.1, 0.15) is 0 Å². The Morgan fingerprint density at radius 1 is 1.32 bits per heavy atom. The van der Waals surface area contributed by atoms with Gasteiger partial charge in [-0.3, -0.25) is 4.68 Å². The Balaban J connectivity index is 2.48. The molecule has 19 heavy (non-hydrogen) atoms. The van der Waals surface area contributed by atoms with Crippen molar-refractivity contribution in [2.75, 3.05) is 6.54 Å². The maximum absolute atomic E-state index is 4.38. The molecule has 2 aromatic rings. The van der Waals surface area contributed by atoms with E-state index in [4.69, 9.17) is 0 Å². The smallest absolute Gasteiger partial charge is 0.0759 e. The van der Waals surface area contributed by atoms with Crippen LogP contribution in [0.4, 0.5) is 0 Å². The van der Waals surface area contributed by atoms with Crippen molar-refractivity contribution in [2.45, 2.75) is 33.4 Å². The molecule has 4 heteroatoms. The van der Waals surface area contributed by atoms with Gasteiger partial charge in [-0.25, -0.2) is 0 Å². The molecule has 0 saturated carbocycles. The summed E-state index contributed by atoms with van der Waals surface area (Å²) >= 11 is 3.66. The molecule has 1 atom stereocenters. The Kier molecular flexibility index (Phi) is 4.77. The summed E-state index contributed by atoms with van der Waals surface area (Å²) in [7, 11) is 0. The van der Waals surface area contributed by atoms with Crippen LogP contribution in [0.25, 0.3) is 0 Å². The number of aromatic nitrogens is 2. The second-order valence-electron chi connectivity index (χ2n) is 4.59. The molecular weight excluding hydrogens is 302 g/mol. The fraction of sp³-hybridized carbons (Fsp3) is 0.400. The molecule has 2 rings (SSSR count). The van der Waals surface area contributed by atoms with E-state index in [0.717, 1.165) is 17.6 Å². The van der Waals surface area contributed by atoms with Crippen LogP contribution in [0.2, 0.25) is 0 Å². The third-order valence-corrected chi connectivity index (χ3v) is 3.94. The maximum Gasteiger partial charge on any atom is 0.0759 e. The zero-order valence-corrected chi connectivity index (χ0v) is 13.2. The average Bonchev–Trinajstić information content (AvgIpc) is 2.87. The summed E-state index contributed by atoms with van der Waals surface area (Å²) in [4.78, 5) is 0. The lowest BCUT2D eigenvalue weighted by Crippen LogP contribution is -2.25. The van der Waals surface area contributed by atoms with Crippen molar-refractivity contribution in [1.82, 2.24) is 15.1 Å². The third kappa shape index (κ3) is 3.07. The van der Waals surface area contributed by atoms with Gasteiger partial charge >= 0.3 is 0 Å². The van der Waals surface area contributed by atoms with Gasteiger partial charge in [-0.2, -0.15) is 5.10 Å². The molecule has 3 nitrogen and oxygen atoms in total. The van der Waals surface area contributed by atoms with Crippen LogP contribution in [0, 0.1) is 6.92 Å². The van der Waals surface area contributed by atoms with Gasteiger partial charge in [0.05, 0.1) is 11.7 Å². The third-order valence-electron chi connectivity index (χ3n) is 3.22. The molecule has 0 aliphatic carbocycles. The molecule has 1 unspecified atom stereocenters. The van der Waals surface area contributed by atoms with E-state index in [1.807, 2.05) is 10.9 Å². The summed E-state index contributed by atoms with van der Waals surface area (Å²) < 4.78 is 3.18. The molecule has 0 radical (unpaired) electrons. The maximum atomic E-state index is 4.38. The fourth-order valence-electron chi connectivity index (χ4n) is 2.31. The van der Waals surface area contributed by atoms with Gasteiger partial charge in [0.2, 0.25) is 0 Å². The fourth-order valence-corrected chi connectivity index (χ4v) is 2.79. The van der Waals surface area contributed by atoms with Gasteiger partial charge in [-0.1, -0.05) is 40.5 Å². The highest BCUT2D eigenvalue weighted by Crippen LogP contribution is 2.29. The molecule has 0 amide bonds. The van der Waals surface area contributed by atoms with Gasteiger partial charge in [0.15, 0.2) is 0 Å². The Morgan fingerprint density at radius 2 is 2.11 bits per heavy atom. The minimum Gasteiger partial charge on any atom is -0.305 e. The number of hydrogen-bond acceptors (Lipinski definition) is 2. The molecule has 1 heterocycles. The van der Waals surface area contributed by atoms with E-state index in [2.05, 4.69) is 71.4 Å². The first-order valence-electron chi connectivity index (χ1n) is 6.68. The molecule has 1 N–H and O–H groups in total. The SMILES string of the molecule is CCNC(c1cc(C)ccc1Br)c1ccnn1CC. The first-order chi connectivity index (χ1) is 9.17. The van der Waals surface area contributed by atoms with E-state index in [1.165, 1.54) is 16.8 Å². The van der Waals surface area contributed by atoms with Crippen LogP contribution in [0.15, 0.2) is 34.9 Å². The van der Waals surface area contributed by atoms with Gasteiger partial charge in [-0.05, 0) is 38.1 Å². The van der Waals surface area contributed by atoms with E-state index >= 15 is 0 Å². The minimum atomic E-state index is 0.168. The zero-order valence-electron chi connectivity index (χ0n) is 11.7. The van der Waals surface area contributed by atoms with Crippen LogP contribution < -0.4 is 5.32 Å². The second-order valence-corrected chi connectivity index (χ2v) is 5.44. The van der Waals surface area contributed by atoms with Crippen molar-refractivity contribution in [3.63, 3.8) is 0 Å². The largest absolute Gasteiger partial charge is 0.305 e. The van der Waals surface area contributed by atoms with Crippen molar-refractivity contribution >= 4 is 15.9 Å². The van der Waals surface area contributed by atoms with Crippen molar-refractivity contribution in [1.29, 1.82) is 0 Å². The second kappa shape index (κ2) is 6.35. The van der Waals surface area contributed by atoms with Crippen LogP contribution >= 0.6 is 15.9 Å². The van der Waals surface area contributed by atoms with Crippen LogP contribution in [0.5, 0.6) is 0 Å². The Bertz CT molecular complexity index is 548. The average molecular weight is 322 g/mol. The van der Waals surface area contributed by atoms with Crippen molar-refractivity contribution in [3.8, 4) is 0 Å². The lowest BCUT2D eigenvalue weighted by atomic mass is 10.0. The number of halogens is 1. The molecule has 1 aromatic heterocycles. The summed E-state index contributed by atoms with van der Waals surface area (Å²) in [5.41, 5.74) is 3.73. The van der Waals surface area contributed by atoms with Crippen molar-refractivity contribution in [3.05, 3.63) is 51.8 Å². The number of nitrogens with zero attached hydrogens (tertiary/aromatic N) is 2. The van der Waals surface area contributed by atoms with Gasteiger partial charge in [0.25, 0.3) is 0 Å². The molecule has 0 saturated heterocycles. The summed E-state index contributed by atoms with van der Waals surface area (Å²) in [6.07, 6.45) is 1.87. The summed E-state index contributed by atoms with van der Waals surface area (Å²) in [5, 5.41) is 7.93. The van der Waals surface area contributed by atoms with E-state index in [-0.39, 0.29) is 6.04 Å². The topological polar surface area (TPSA) is 29.9 Å². The Labute approximate surface area is 123 Å². The lowest BCUT2D eigenvalue weighted by molar-refractivity contribution is 0.541. The lowest BCUT2D eigenvalue weighted by Gasteiger charge is -2.21. The highest BCUT2D eigenvalue weighted by atomic mass is 79.9. The number of rotatable bonds is 5. The van der Waals surface area contributed by atoms with Crippen molar-refractivity contribution < 1.29 is 0 Å². The molecule has 0 fully saturated rings. The monoisotopic (exact) mass is 321 g/mol. The standard InChI is InChI=1S/C15H20BrN3/c1-4-17-15(14-8-9-18-19(14)5-2)12-10-11(3)6-7-13(12)16/h6-10,15,17H,4-5H2,1-3H3. The van der Waals surface area contributed by atoms with Gasteiger partial charge < -0.3 is 5.32 Å². The number of aryl methyl sites for hydroxylation is 2. The predicted molar refractivity (Wildman–Crippen MR) is 82.3 cm³/mol. The van der Waals surface area contributed by atoms with Crippen LogP contribution in [0.1, 0.15) is 36.7 Å². The number of hydrogen-bond donors (Lipinski definition) is 1. The quantitative estimate of drug-likeness (QED) is 0.910. The summed E-state index contributed by atoms with van der Waals surface area (Å²) in [5.74, 6) is 0. The van der Waals surface area contributed by atoms with Crippen LogP contribution in [-0.2, 0) is 6.54 Å². The zero-order chi connectivity index (χ0) is 13.8. The molecular formula is C15H20BrN3. The molecule has 102 valence electrons. The van der Waals surface area contributed by atoms with E-state index < -0.39 is 0 Å². The van der Waals surface area contributed by atoms with E-state index in [9.17, 15) is 0 Å².